The van der Waals surface area contributed by atoms with E-state index in [1.165, 1.54) is 6.21 Å². The van der Waals surface area contributed by atoms with Gasteiger partial charge in [-0.25, -0.2) is 5.43 Å². The van der Waals surface area contributed by atoms with Crippen LogP contribution in [-0.2, 0) is 4.79 Å². The quantitative estimate of drug-likeness (QED) is 0.612. The van der Waals surface area contributed by atoms with Crippen LogP contribution in [0.4, 0.5) is 0 Å². The molecule has 0 fully saturated rings. The number of rotatable bonds is 6. The second-order valence-electron chi connectivity index (χ2n) is 4.63. The first kappa shape index (κ1) is 17.4. The molecule has 0 aliphatic rings. The smallest absolute Gasteiger partial charge is 0.277 e. The Kier molecular flexibility index (Phi) is 6.74. The summed E-state index contributed by atoms with van der Waals surface area (Å²) in [5, 5.41) is 12.8. The summed E-state index contributed by atoms with van der Waals surface area (Å²) in [6.07, 6.45) is 3.35. The van der Waals surface area contributed by atoms with Crippen molar-refractivity contribution in [1.29, 1.82) is 5.26 Å². The van der Waals surface area contributed by atoms with Gasteiger partial charge in [-0.2, -0.15) is 10.4 Å². The van der Waals surface area contributed by atoms with Crippen LogP contribution in [0.1, 0.15) is 11.1 Å². The number of halogens is 1. The highest BCUT2D eigenvalue weighted by Crippen LogP contribution is 2.16. The van der Waals surface area contributed by atoms with Crippen LogP contribution in [0.3, 0.4) is 0 Å². The molecule has 0 unspecified atom stereocenters. The fourth-order valence-corrected chi connectivity index (χ4v) is 2.14. The molecule has 0 atom stereocenters. The van der Waals surface area contributed by atoms with Gasteiger partial charge in [0.1, 0.15) is 11.8 Å². The van der Waals surface area contributed by atoms with E-state index in [1.54, 1.807) is 24.3 Å². The van der Waals surface area contributed by atoms with E-state index in [0.29, 0.717) is 15.8 Å². The Bertz CT molecular complexity index is 795. The predicted octanol–water partition coefficient (Wildman–Crippen LogP) is 3.48. The van der Waals surface area contributed by atoms with Crippen LogP contribution in [0.15, 0.2) is 64.2 Å². The normalized spacial score (nSPS) is 11.1. The van der Waals surface area contributed by atoms with E-state index in [1.807, 2.05) is 42.5 Å². The van der Waals surface area contributed by atoms with Crippen molar-refractivity contribution in [3.8, 4) is 11.8 Å². The number of carbonyl (C=O) groups excluding carboxylic acids is 1. The highest BCUT2D eigenvalue weighted by Gasteiger charge is 2.05. The lowest BCUT2D eigenvalue weighted by molar-refractivity contribution is -0.123. The third kappa shape index (κ3) is 5.71. The van der Waals surface area contributed by atoms with Gasteiger partial charge in [-0.3, -0.25) is 4.79 Å². The fourth-order valence-electron chi connectivity index (χ4n) is 1.77. The lowest BCUT2D eigenvalue weighted by atomic mass is 10.2. The Hall–Kier alpha value is -2.91. The van der Waals surface area contributed by atoms with Crippen LogP contribution in [0.5, 0.6) is 5.75 Å². The molecule has 0 saturated heterocycles. The van der Waals surface area contributed by atoms with Gasteiger partial charge in [0.2, 0.25) is 0 Å². The van der Waals surface area contributed by atoms with Gasteiger partial charge in [0.05, 0.1) is 11.8 Å². The minimum absolute atomic E-state index is 0.226. The molecule has 1 N–H and O–H groups in total. The first-order valence-corrected chi connectivity index (χ1v) is 7.84. The first-order chi connectivity index (χ1) is 11.7. The second kappa shape index (κ2) is 9.28. The Balaban J connectivity index is 1.83. The van der Waals surface area contributed by atoms with Crippen molar-refractivity contribution in [2.24, 2.45) is 5.10 Å². The molecule has 0 aliphatic heterocycles. The molecule has 2 aromatic rings. The van der Waals surface area contributed by atoms with Crippen molar-refractivity contribution in [1.82, 2.24) is 5.43 Å². The average molecular weight is 384 g/mol. The number of nitrogens with zero attached hydrogens (tertiary/aromatic N) is 2. The van der Waals surface area contributed by atoms with Crippen LogP contribution in [0.25, 0.3) is 6.08 Å². The van der Waals surface area contributed by atoms with E-state index < -0.39 is 5.91 Å². The van der Waals surface area contributed by atoms with E-state index in [0.717, 1.165) is 5.56 Å². The number of hydrogen-bond acceptors (Lipinski definition) is 4. The van der Waals surface area contributed by atoms with Gasteiger partial charge in [0.15, 0.2) is 6.61 Å². The number of ether oxygens (including phenoxy) is 1. The van der Waals surface area contributed by atoms with Gasteiger partial charge < -0.3 is 4.74 Å². The zero-order chi connectivity index (χ0) is 17.2. The predicted molar refractivity (Wildman–Crippen MR) is 96.6 cm³/mol. The standard InChI is InChI=1S/C18H14BrN3O2/c19-16(10-14-6-2-1-3-7-14)12-21-22-18(23)13-24-17-9-5-4-8-15(17)11-20/h1-10,12H,13H2,(H,22,23)/b16-10-,21-12+. The van der Waals surface area contributed by atoms with Gasteiger partial charge in [0, 0.05) is 4.48 Å². The largest absolute Gasteiger partial charge is 0.482 e. The van der Waals surface area contributed by atoms with Gasteiger partial charge in [-0.15, -0.1) is 0 Å². The van der Waals surface area contributed by atoms with E-state index in [4.69, 9.17) is 10.00 Å². The average Bonchev–Trinajstić information content (AvgIpc) is 2.61. The minimum Gasteiger partial charge on any atom is -0.482 e. The summed E-state index contributed by atoms with van der Waals surface area (Å²) in [6, 6.07) is 18.4. The van der Waals surface area contributed by atoms with Crippen molar-refractivity contribution in [3.63, 3.8) is 0 Å². The molecule has 2 aromatic carbocycles. The van der Waals surface area contributed by atoms with Crippen molar-refractivity contribution in [2.75, 3.05) is 6.61 Å². The number of para-hydroxylation sites is 1. The molecule has 2 rings (SSSR count). The highest BCUT2D eigenvalue weighted by atomic mass is 79.9. The zero-order valence-electron chi connectivity index (χ0n) is 12.6. The van der Waals surface area contributed by atoms with Gasteiger partial charge >= 0.3 is 0 Å². The summed E-state index contributed by atoms with van der Waals surface area (Å²) in [6.45, 7) is -0.226. The number of amides is 1. The molecule has 0 aliphatic carbocycles. The fraction of sp³-hybridized carbons (Fsp3) is 0.0556. The number of nitrogens with one attached hydrogen (secondary N) is 1. The van der Waals surface area contributed by atoms with Gasteiger partial charge in [-0.1, -0.05) is 42.5 Å². The Morgan fingerprint density at radius 3 is 2.67 bits per heavy atom. The SMILES string of the molecule is N#Cc1ccccc1OCC(=O)N/N=C/C(Br)=C/c1ccccc1. The summed E-state index contributed by atoms with van der Waals surface area (Å²) < 4.78 is 6.02. The molecule has 120 valence electrons. The zero-order valence-corrected chi connectivity index (χ0v) is 14.2. The summed E-state index contributed by atoms with van der Waals surface area (Å²) in [5.74, 6) is -0.0525. The van der Waals surface area contributed by atoms with Crippen LogP contribution in [-0.4, -0.2) is 18.7 Å². The molecule has 0 spiro atoms. The molecule has 5 nitrogen and oxygen atoms in total. The second-order valence-corrected chi connectivity index (χ2v) is 5.55. The van der Waals surface area contributed by atoms with E-state index in [-0.39, 0.29) is 6.61 Å². The first-order valence-electron chi connectivity index (χ1n) is 7.05. The van der Waals surface area contributed by atoms with Crippen molar-refractivity contribution in [3.05, 3.63) is 70.2 Å². The highest BCUT2D eigenvalue weighted by molar-refractivity contribution is 9.12. The number of benzene rings is 2. The monoisotopic (exact) mass is 383 g/mol. The molecular weight excluding hydrogens is 370 g/mol. The lowest BCUT2D eigenvalue weighted by Crippen LogP contribution is -2.24. The number of hydrogen-bond donors (Lipinski definition) is 1. The minimum atomic E-state index is -0.418. The van der Waals surface area contributed by atoms with Crippen molar-refractivity contribution < 1.29 is 9.53 Å². The third-order valence-electron chi connectivity index (χ3n) is 2.85. The molecule has 0 bridgehead atoms. The van der Waals surface area contributed by atoms with Crippen molar-refractivity contribution >= 4 is 34.1 Å². The summed E-state index contributed by atoms with van der Waals surface area (Å²) >= 11 is 3.35. The van der Waals surface area contributed by atoms with E-state index in [9.17, 15) is 4.79 Å². The number of carbonyl (C=O) groups is 1. The topological polar surface area (TPSA) is 74.5 Å². The molecule has 0 saturated carbocycles. The molecule has 0 heterocycles. The maximum Gasteiger partial charge on any atom is 0.277 e. The summed E-state index contributed by atoms with van der Waals surface area (Å²) in [4.78, 5) is 11.7. The van der Waals surface area contributed by atoms with Crippen LogP contribution >= 0.6 is 15.9 Å². The molecular formula is C18H14BrN3O2. The van der Waals surface area contributed by atoms with Gasteiger partial charge in [0.25, 0.3) is 5.91 Å². The van der Waals surface area contributed by atoms with E-state index >= 15 is 0 Å². The number of allylic oxidation sites excluding steroid dienone is 1. The summed E-state index contributed by atoms with van der Waals surface area (Å²) in [5.41, 5.74) is 3.75. The number of hydrazone groups is 1. The maximum atomic E-state index is 11.7. The van der Waals surface area contributed by atoms with Crippen LogP contribution < -0.4 is 10.2 Å². The molecule has 0 radical (unpaired) electrons. The molecule has 6 heteroatoms. The van der Waals surface area contributed by atoms with Crippen LogP contribution in [0, 0.1) is 11.3 Å². The van der Waals surface area contributed by atoms with E-state index in [2.05, 4.69) is 26.5 Å². The molecule has 1 amide bonds. The summed E-state index contributed by atoms with van der Waals surface area (Å²) in [7, 11) is 0. The Labute approximate surface area is 148 Å². The molecule has 24 heavy (non-hydrogen) atoms. The Morgan fingerprint density at radius 2 is 1.92 bits per heavy atom. The maximum absolute atomic E-state index is 11.7. The van der Waals surface area contributed by atoms with Crippen molar-refractivity contribution in [2.45, 2.75) is 0 Å². The Morgan fingerprint density at radius 1 is 1.21 bits per heavy atom. The van der Waals surface area contributed by atoms with Crippen LogP contribution in [0.2, 0.25) is 0 Å². The molecule has 0 aromatic heterocycles. The van der Waals surface area contributed by atoms with Gasteiger partial charge in [-0.05, 0) is 39.7 Å². The lowest BCUT2D eigenvalue weighted by Gasteiger charge is -2.06. The number of nitriles is 1. The third-order valence-corrected chi connectivity index (χ3v) is 3.28.